The van der Waals surface area contributed by atoms with E-state index in [0.717, 1.165) is 31.3 Å². The Hall–Kier alpha value is -0.860. The van der Waals surface area contributed by atoms with Gasteiger partial charge in [0, 0.05) is 5.92 Å². The smallest absolute Gasteiger partial charge is 0.0726 e. The van der Waals surface area contributed by atoms with Gasteiger partial charge < -0.3 is 10.2 Å². The summed E-state index contributed by atoms with van der Waals surface area (Å²) in [7, 11) is 0. The minimum atomic E-state index is -0.408. The van der Waals surface area contributed by atoms with Crippen LogP contribution in [0.1, 0.15) is 53.4 Å². The number of rotatable bonds is 4. The summed E-state index contributed by atoms with van der Waals surface area (Å²) in [4.78, 5) is 0. The lowest BCUT2D eigenvalue weighted by molar-refractivity contribution is 0.0224. The molecule has 0 radical (unpaired) electrons. The average Bonchev–Trinajstić information content (AvgIpc) is 2.73. The Morgan fingerprint density at radius 1 is 1.45 bits per heavy atom. The second kappa shape index (κ2) is 7.14. The first-order valence-electron chi connectivity index (χ1n) is 8.66. The second-order valence-corrected chi connectivity index (χ2v) is 7.69. The highest BCUT2D eigenvalue weighted by Gasteiger charge is 2.42. The predicted octanol–water partition coefficient (Wildman–Crippen LogP) is 4.25. The van der Waals surface area contributed by atoms with Crippen molar-refractivity contribution in [2.45, 2.75) is 65.6 Å². The molecule has 6 unspecified atom stereocenters. The molecular formula is C20H32O2. The van der Waals surface area contributed by atoms with Crippen molar-refractivity contribution in [2.75, 3.05) is 0 Å². The average molecular weight is 304 g/mol. The molecule has 0 bridgehead atoms. The largest absolute Gasteiger partial charge is 0.392 e. The van der Waals surface area contributed by atoms with Crippen molar-refractivity contribution in [1.29, 1.82) is 0 Å². The minimum absolute atomic E-state index is 0.239. The molecule has 2 nitrogen and oxygen atoms in total. The fourth-order valence-electron chi connectivity index (χ4n) is 4.45. The van der Waals surface area contributed by atoms with Gasteiger partial charge in [-0.25, -0.2) is 0 Å². The lowest BCUT2D eigenvalue weighted by Crippen LogP contribution is -2.35. The maximum Gasteiger partial charge on any atom is 0.0726 e. The topological polar surface area (TPSA) is 40.5 Å². The lowest BCUT2D eigenvalue weighted by Gasteiger charge is -2.33. The number of hydrogen-bond donors (Lipinski definition) is 2. The van der Waals surface area contributed by atoms with Crippen LogP contribution < -0.4 is 0 Å². The van der Waals surface area contributed by atoms with Gasteiger partial charge in [0.15, 0.2) is 0 Å². The van der Waals surface area contributed by atoms with Crippen molar-refractivity contribution in [3.8, 4) is 0 Å². The van der Waals surface area contributed by atoms with E-state index in [9.17, 15) is 10.2 Å². The third-order valence-electron chi connectivity index (χ3n) is 5.65. The number of aliphatic hydroxyl groups is 2. The molecule has 6 atom stereocenters. The predicted molar refractivity (Wildman–Crippen MR) is 92.4 cm³/mol. The molecule has 2 aliphatic carbocycles. The summed E-state index contributed by atoms with van der Waals surface area (Å²) >= 11 is 0. The Morgan fingerprint density at radius 3 is 2.77 bits per heavy atom. The van der Waals surface area contributed by atoms with Gasteiger partial charge >= 0.3 is 0 Å². The fourth-order valence-corrected chi connectivity index (χ4v) is 4.45. The molecule has 0 aromatic rings. The Morgan fingerprint density at radius 2 is 2.14 bits per heavy atom. The van der Waals surface area contributed by atoms with E-state index >= 15 is 0 Å². The maximum atomic E-state index is 11.0. The van der Waals surface area contributed by atoms with Gasteiger partial charge in [-0.05, 0) is 64.2 Å². The lowest BCUT2D eigenvalue weighted by atomic mass is 9.76. The normalized spacial score (nSPS) is 34.5. The Labute approximate surface area is 135 Å². The quantitative estimate of drug-likeness (QED) is 0.762. The van der Waals surface area contributed by atoms with Crippen LogP contribution in [-0.4, -0.2) is 22.4 Å². The van der Waals surface area contributed by atoms with Crippen molar-refractivity contribution in [3.63, 3.8) is 0 Å². The molecule has 2 N–H and O–H groups in total. The molecule has 1 saturated carbocycles. The molecule has 0 spiro atoms. The minimum Gasteiger partial charge on any atom is -0.392 e. The molecule has 1 fully saturated rings. The number of hydrogen-bond acceptors (Lipinski definition) is 2. The first-order chi connectivity index (χ1) is 10.3. The molecular weight excluding hydrogens is 272 g/mol. The van der Waals surface area contributed by atoms with E-state index in [1.165, 1.54) is 11.1 Å². The van der Waals surface area contributed by atoms with E-state index in [4.69, 9.17) is 0 Å². The molecule has 0 heterocycles. The van der Waals surface area contributed by atoms with Gasteiger partial charge in [-0.15, -0.1) is 0 Å². The summed E-state index contributed by atoms with van der Waals surface area (Å²) in [5.41, 5.74) is 3.77. The highest BCUT2D eigenvalue weighted by molar-refractivity contribution is 5.24. The number of aliphatic hydroxyl groups excluding tert-OH is 2. The van der Waals surface area contributed by atoms with E-state index in [1.807, 2.05) is 19.9 Å². The van der Waals surface area contributed by atoms with Crippen molar-refractivity contribution >= 4 is 0 Å². The van der Waals surface area contributed by atoms with Crippen LogP contribution in [0.3, 0.4) is 0 Å². The fraction of sp³-hybridized carbons (Fsp3) is 0.700. The SMILES string of the molecule is C=C1CCC(C(C)CC(O)C=C(C)C)C(O)C2C(C)=CCC12. The summed E-state index contributed by atoms with van der Waals surface area (Å²) in [5.74, 6) is 1.21. The summed E-state index contributed by atoms with van der Waals surface area (Å²) in [6.45, 7) is 12.6. The van der Waals surface area contributed by atoms with Crippen LogP contribution in [0.25, 0.3) is 0 Å². The molecule has 0 amide bonds. The monoisotopic (exact) mass is 304 g/mol. The zero-order chi connectivity index (χ0) is 16.4. The van der Waals surface area contributed by atoms with Crippen LogP contribution in [0.2, 0.25) is 0 Å². The third-order valence-corrected chi connectivity index (χ3v) is 5.65. The van der Waals surface area contributed by atoms with E-state index in [-0.39, 0.29) is 17.9 Å². The van der Waals surface area contributed by atoms with Crippen LogP contribution in [0, 0.1) is 23.7 Å². The van der Waals surface area contributed by atoms with Crippen LogP contribution >= 0.6 is 0 Å². The Bertz CT molecular complexity index is 470. The molecule has 124 valence electrons. The second-order valence-electron chi connectivity index (χ2n) is 7.69. The van der Waals surface area contributed by atoms with Gasteiger partial charge in [-0.1, -0.05) is 42.4 Å². The van der Waals surface area contributed by atoms with Crippen LogP contribution in [0.4, 0.5) is 0 Å². The summed E-state index contributed by atoms with van der Waals surface area (Å²) in [6, 6.07) is 0. The van der Waals surface area contributed by atoms with Gasteiger partial charge in [0.1, 0.15) is 0 Å². The van der Waals surface area contributed by atoms with E-state index < -0.39 is 6.10 Å². The highest BCUT2D eigenvalue weighted by Crippen LogP contribution is 2.47. The molecule has 22 heavy (non-hydrogen) atoms. The summed E-state index contributed by atoms with van der Waals surface area (Å²) in [5, 5.41) is 21.2. The maximum absolute atomic E-state index is 11.0. The number of allylic oxidation sites excluding steroid dienone is 3. The van der Waals surface area contributed by atoms with Crippen LogP contribution in [0.5, 0.6) is 0 Å². The Balaban J connectivity index is 2.11. The standard InChI is InChI=1S/C20H32O2/c1-12(2)10-16(21)11-15(5)18-9-6-13(3)17-8-7-14(4)19(17)20(18)22/h7,10,15-22H,3,6,8-9,11H2,1-2,4-5H3. The van der Waals surface area contributed by atoms with Crippen LogP contribution in [0.15, 0.2) is 35.5 Å². The zero-order valence-corrected chi connectivity index (χ0v) is 14.5. The molecule has 0 aliphatic heterocycles. The molecule has 2 aliphatic rings. The first-order valence-corrected chi connectivity index (χ1v) is 8.66. The Kier molecular flexibility index (Phi) is 5.68. The third kappa shape index (κ3) is 3.72. The van der Waals surface area contributed by atoms with E-state index in [1.54, 1.807) is 0 Å². The van der Waals surface area contributed by atoms with Gasteiger partial charge in [-0.3, -0.25) is 0 Å². The van der Waals surface area contributed by atoms with Crippen molar-refractivity contribution in [1.82, 2.24) is 0 Å². The van der Waals surface area contributed by atoms with Gasteiger partial charge in [0.2, 0.25) is 0 Å². The van der Waals surface area contributed by atoms with Crippen molar-refractivity contribution in [2.24, 2.45) is 23.7 Å². The zero-order valence-electron chi connectivity index (χ0n) is 14.5. The molecule has 2 rings (SSSR count). The van der Waals surface area contributed by atoms with Crippen LogP contribution in [-0.2, 0) is 0 Å². The molecule has 0 saturated heterocycles. The van der Waals surface area contributed by atoms with E-state index in [0.29, 0.717) is 11.8 Å². The highest BCUT2D eigenvalue weighted by atomic mass is 16.3. The molecule has 2 heteroatoms. The summed E-state index contributed by atoms with van der Waals surface area (Å²) in [6.07, 6.45) is 7.23. The summed E-state index contributed by atoms with van der Waals surface area (Å²) < 4.78 is 0. The van der Waals surface area contributed by atoms with Gasteiger partial charge in [0.25, 0.3) is 0 Å². The molecule has 0 aromatic heterocycles. The van der Waals surface area contributed by atoms with E-state index in [2.05, 4.69) is 26.5 Å². The van der Waals surface area contributed by atoms with Gasteiger partial charge in [0.05, 0.1) is 12.2 Å². The van der Waals surface area contributed by atoms with Gasteiger partial charge in [-0.2, -0.15) is 0 Å². The number of fused-ring (bicyclic) bond motifs is 1. The van der Waals surface area contributed by atoms with Crippen molar-refractivity contribution < 1.29 is 10.2 Å². The first kappa shape index (κ1) is 17.5. The van der Waals surface area contributed by atoms with Crippen molar-refractivity contribution in [3.05, 3.63) is 35.5 Å². The molecule has 0 aromatic carbocycles.